The van der Waals surface area contributed by atoms with Crippen molar-refractivity contribution >= 4 is 16.1 Å². The van der Waals surface area contributed by atoms with Gasteiger partial charge >= 0.3 is 10.2 Å². The normalized spacial score (nSPS) is 18.6. The molecule has 22 heavy (non-hydrogen) atoms. The van der Waals surface area contributed by atoms with Crippen LogP contribution < -0.4 is 9.47 Å². The molecule has 0 aromatic heterocycles. The zero-order valence-corrected chi connectivity index (χ0v) is 13.2. The Hall–Kier alpha value is -1.83. The third-order valence-electron chi connectivity index (χ3n) is 3.58. The minimum absolute atomic E-state index is 0.0371. The van der Waals surface area contributed by atoms with E-state index in [1.54, 1.807) is 18.2 Å². The minimum Gasteiger partial charge on any atom is -0.493 e. The number of hydrogen-bond acceptors (Lipinski definition) is 5. The highest BCUT2D eigenvalue weighted by molar-refractivity contribution is 7.86. The van der Waals surface area contributed by atoms with Crippen molar-refractivity contribution in [1.82, 2.24) is 4.90 Å². The molecule has 8 heteroatoms. The van der Waals surface area contributed by atoms with E-state index in [-0.39, 0.29) is 25.4 Å². The second-order valence-corrected chi connectivity index (χ2v) is 6.61. The van der Waals surface area contributed by atoms with Gasteiger partial charge < -0.3 is 14.4 Å². The van der Waals surface area contributed by atoms with Crippen LogP contribution in [-0.4, -0.2) is 45.7 Å². The molecule has 0 aliphatic carbocycles. The van der Waals surface area contributed by atoms with Gasteiger partial charge in [-0.2, -0.15) is 8.42 Å². The molecule has 1 aromatic rings. The van der Waals surface area contributed by atoms with Gasteiger partial charge in [-0.3, -0.25) is 4.79 Å². The quantitative estimate of drug-likeness (QED) is 0.736. The second-order valence-electron chi connectivity index (χ2n) is 5.20. The number of rotatable bonds is 6. The molecule has 1 saturated heterocycles. The average Bonchev–Trinajstić information content (AvgIpc) is 2.76. The van der Waals surface area contributed by atoms with Gasteiger partial charge in [0.1, 0.15) is 0 Å². The first-order valence-electron chi connectivity index (χ1n) is 6.74. The Morgan fingerprint density at radius 2 is 2.05 bits per heavy atom. The fourth-order valence-electron chi connectivity index (χ4n) is 2.68. The van der Waals surface area contributed by atoms with Crippen LogP contribution >= 0.6 is 0 Å². The summed E-state index contributed by atoms with van der Waals surface area (Å²) in [4.78, 5) is 13.5. The monoisotopic (exact) mass is 331 g/mol. The largest absolute Gasteiger partial charge is 0.493 e. The van der Waals surface area contributed by atoms with E-state index in [2.05, 4.69) is 0 Å². The van der Waals surface area contributed by atoms with E-state index in [1.165, 1.54) is 19.1 Å². The Morgan fingerprint density at radius 1 is 1.32 bits per heavy atom. The molecule has 1 atom stereocenters. The number of para-hydroxylation sites is 1. The fourth-order valence-corrected chi connectivity index (χ4v) is 3.47. The molecule has 6 nitrogen and oxygen atoms in total. The van der Waals surface area contributed by atoms with Crippen molar-refractivity contribution in [2.45, 2.75) is 13.0 Å². The third kappa shape index (κ3) is 3.88. The zero-order chi connectivity index (χ0) is 16.3. The molecule has 0 saturated carbocycles. The van der Waals surface area contributed by atoms with Gasteiger partial charge in [0.25, 0.3) is 0 Å². The number of carbonyl (C=O) groups is 1. The van der Waals surface area contributed by atoms with Crippen molar-refractivity contribution in [3.63, 3.8) is 0 Å². The van der Waals surface area contributed by atoms with Crippen LogP contribution in [0.3, 0.4) is 0 Å². The summed E-state index contributed by atoms with van der Waals surface area (Å²) in [5, 5.41) is 0. The van der Waals surface area contributed by atoms with Crippen molar-refractivity contribution in [1.29, 1.82) is 0 Å². The van der Waals surface area contributed by atoms with Crippen LogP contribution in [0.25, 0.3) is 0 Å². The maximum absolute atomic E-state index is 12.7. The predicted molar refractivity (Wildman–Crippen MR) is 78.0 cm³/mol. The number of likely N-dealkylation sites (tertiary alicyclic amines) is 1. The number of halogens is 1. The van der Waals surface area contributed by atoms with Crippen LogP contribution in [0.5, 0.6) is 11.5 Å². The van der Waals surface area contributed by atoms with E-state index in [1.807, 2.05) is 0 Å². The Morgan fingerprint density at radius 3 is 2.64 bits per heavy atom. The first-order chi connectivity index (χ1) is 10.3. The molecule has 1 amide bonds. The summed E-state index contributed by atoms with van der Waals surface area (Å²) in [6.45, 7) is 0.477. The highest BCUT2D eigenvalue weighted by atomic mass is 32.3. The molecule has 0 bridgehead atoms. The number of amides is 1. The zero-order valence-electron chi connectivity index (χ0n) is 12.4. The average molecular weight is 331 g/mol. The lowest BCUT2D eigenvalue weighted by Gasteiger charge is -2.19. The van der Waals surface area contributed by atoms with E-state index in [0.29, 0.717) is 11.5 Å². The topological polar surface area (TPSA) is 72.9 Å². The molecule has 1 fully saturated rings. The summed E-state index contributed by atoms with van der Waals surface area (Å²) in [6, 6.07) is 5.32. The molecule has 1 heterocycles. The number of methoxy groups -OCH3 is 2. The molecule has 122 valence electrons. The van der Waals surface area contributed by atoms with Crippen LogP contribution in [0.15, 0.2) is 18.2 Å². The standard InChI is InChI=1S/C14H18FNO5S/c1-20-12-5-3-4-11(14(12)21-2)8-16-7-10(6-13(16)17)9-22(15,18)19/h3-5,10H,6-9H2,1-2H3. The minimum atomic E-state index is -4.57. The van der Waals surface area contributed by atoms with E-state index < -0.39 is 21.9 Å². The molecular formula is C14H18FNO5S. The van der Waals surface area contributed by atoms with Crippen molar-refractivity contribution in [3.05, 3.63) is 23.8 Å². The van der Waals surface area contributed by atoms with Crippen LogP contribution in [0.4, 0.5) is 3.89 Å². The van der Waals surface area contributed by atoms with Crippen molar-refractivity contribution in [2.24, 2.45) is 5.92 Å². The number of carbonyl (C=O) groups excluding carboxylic acids is 1. The van der Waals surface area contributed by atoms with E-state index in [9.17, 15) is 17.1 Å². The van der Waals surface area contributed by atoms with E-state index in [4.69, 9.17) is 9.47 Å². The van der Waals surface area contributed by atoms with Gasteiger partial charge in [0.05, 0.1) is 20.0 Å². The Labute approximate surface area is 129 Å². The van der Waals surface area contributed by atoms with Crippen molar-refractivity contribution in [2.75, 3.05) is 26.5 Å². The van der Waals surface area contributed by atoms with Gasteiger partial charge in [-0.25, -0.2) is 0 Å². The van der Waals surface area contributed by atoms with Gasteiger partial charge in [-0.15, -0.1) is 3.89 Å². The van der Waals surface area contributed by atoms with Gasteiger partial charge in [0.2, 0.25) is 5.91 Å². The highest BCUT2D eigenvalue weighted by Crippen LogP contribution is 2.33. The smallest absolute Gasteiger partial charge is 0.302 e. The lowest BCUT2D eigenvalue weighted by Crippen LogP contribution is -2.25. The Bertz CT molecular complexity index is 661. The number of ether oxygens (including phenoxy) is 2. The molecule has 1 unspecified atom stereocenters. The molecule has 1 aromatic carbocycles. The van der Waals surface area contributed by atoms with Crippen LogP contribution in [0.2, 0.25) is 0 Å². The lowest BCUT2D eigenvalue weighted by atomic mass is 10.1. The van der Waals surface area contributed by atoms with Gasteiger partial charge in [-0.05, 0) is 6.07 Å². The third-order valence-corrected chi connectivity index (χ3v) is 4.44. The van der Waals surface area contributed by atoms with Gasteiger partial charge in [-0.1, -0.05) is 12.1 Å². The van der Waals surface area contributed by atoms with E-state index >= 15 is 0 Å². The predicted octanol–water partition coefficient (Wildman–Crippen LogP) is 1.35. The number of hydrogen-bond donors (Lipinski definition) is 0. The lowest BCUT2D eigenvalue weighted by molar-refractivity contribution is -0.128. The molecule has 1 aliphatic rings. The van der Waals surface area contributed by atoms with Gasteiger partial charge in [0, 0.05) is 31.0 Å². The van der Waals surface area contributed by atoms with Gasteiger partial charge in [0.15, 0.2) is 11.5 Å². The summed E-state index contributed by atoms with van der Waals surface area (Å²) in [5.74, 6) is -0.253. The molecule has 2 rings (SSSR count). The molecule has 1 aliphatic heterocycles. The van der Waals surface area contributed by atoms with E-state index in [0.717, 1.165) is 5.56 Å². The first-order valence-corrected chi connectivity index (χ1v) is 8.29. The SMILES string of the molecule is COc1cccc(CN2CC(CS(=O)(=O)F)CC2=O)c1OC. The van der Waals surface area contributed by atoms with Crippen LogP contribution in [0.1, 0.15) is 12.0 Å². The number of nitrogens with zero attached hydrogens (tertiary/aromatic N) is 1. The summed E-state index contributed by atoms with van der Waals surface area (Å²) in [7, 11) is -1.55. The molecule has 0 N–H and O–H groups in total. The van der Waals surface area contributed by atoms with Crippen LogP contribution in [0, 0.1) is 5.92 Å². The Kier molecular flexibility index (Phi) is 4.90. The summed E-state index contributed by atoms with van der Waals surface area (Å²) in [6.07, 6.45) is 0.0371. The van der Waals surface area contributed by atoms with Crippen molar-refractivity contribution in [3.8, 4) is 11.5 Å². The molecule has 0 radical (unpaired) electrons. The fraction of sp³-hybridized carbons (Fsp3) is 0.500. The summed E-state index contributed by atoms with van der Waals surface area (Å²) in [5.41, 5.74) is 0.749. The highest BCUT2D eigenvalue weighted by Gasteiger charge is 2.33. The summed E-state index contributed by atoms with van der Waals surface area (Å²) < 4.78 is 44.7. The maximum atomic E-state index is 12.7. The van der Waals surface area contributed by atoms with Crippen LogP contribution in [-0.2, 0) is 21.6 Å². The summed E-state index contributed by atoms with van der Waals surface area (Å²) >= 11 is 0. The Balaban J connectivity index is 2.13. The second kappa shape index (κ2) is 6.51. The molecular weight excluding hydrogens is 313 g/mol. The van der Waals surface area contributed by atoms with Crippen molar-refractivity contribution < 1.29 is 26.6 Å². The number of benzene rings is 1. The molecule has 0 spiro atoms. The maximum Gasteiger partial charge on any atom is 0.302 e. The first kappa shape index (κ1) is 16.5.